The number of likely N-dealkylation sites (tertiary alicyclic amines) is 1. The van der Waals surface area contributed by atoms with E-state index in [2.05, 4.69) is 74.0 Å². The number of ether oxygens (including phenoxy) is 2. The van der Waals surface area contributed by atoms with Crippen LogP contribution < -0.4 is 24.4 Å². The van der Waals surface area contributed by atoms with Gasteiger partial charge in [-0.2, -0.15) is 5.26 Å². The zero-order valence-electron chi connectivity index (χ0n) is 38.7. The van der Waals surface area contributed by atoms with Crippen LogP contribution in [0.15, 0.2) is 78.0 Å². The molecule has 0 bridgehead atoms. The Kier molecular flexibility index (Phi) is 11.9. The Labute approximate surface area is 396 Å². The summed E-state index contributed by atoms with van der Waals surface area (Å²) in [7, 11) is -4.70. The molecule has 4 N–H and O–H groups in total. The zero-order chi connectivity index (χ0) is 47.5. The first-order chi connectivity index (χ1) is 32.6. The van der Waals surface area contributed by atoms with E-state index < -0.39 is 37.0 Å². The summed E-state index contributed by atoms with van der Waals surface area (Å²) < 4.78 is 42.5. The highest BCUT2D eigenvalue weighted by Gasteiger charge is 2.50. The van der Waals surface area contributed by atoms with Gasteiger partial charge in [0.15, 0.2) is 11.4 Å². The fraction of sp³-hybridized carbons (Fsp3) is 0.471. The second-order valence-electron chi connectivity index (χ2n) is 20.3. The zero-order valence-corrected chi connectivity index (χ0v) is 39.5. The van der Waals surface area contributed by atoms with E-state index in [1.54, 1.807) is 31.3 Å². The number of nitriles is 1. The van der Waals surface area contributed by atoms with Gasteiger partial charge in [0.05, 0.1) is 38.8 Å². The van der Waals surface area contributed by atoms with Crippen LogP contribution in [0.3, 0.4) is 0 Å². The second kappa shape index (κ2) is 17.7. The van der Waals surface area contributed by atoms with Gasteiger partial charge in [-0.1, -0.05) is 38.1 Å². The minimum absolute atomic E-state index is 0.0165. The molecule has 3 aromatic carbocycles. The number of rotatable bonds is 11. The molecule has 0 unspecified atom stereocenters. The number of nitrogens with one attached hydrogen (secondary N) is 3. The summed E-state index contributed by atoms with van der Waals surface area (Å²) in [6, 6.07) is 20.6. The van der Waals surface area contributed by atoms with Crippen LogP contribution in [-0.4, -0.2) is 83.1 Å². The first kappa shape index (κ1) is 45.6. The standard InChI is InChI=1S/C51H58N8O8S/c1-31(2)38-7-4-5-8-39(38)43-9-6-18-58(43)35-25-51(26-35)16-19-57(20-17-51)34-10-11-40(45(21-34)67-36-22-41-33(27-52)28-53-48(41)54-29-36)49(60)56-68(64,65)37-23-44(59(62)63)47-46(24-37)66-30-42(55-47)32-12-14-50(3,61)15-13-32/h4-5,7-8,10-11,21-24,28-29,31-32,35,42-43,55,61H,6,9,12-20,25-26,30H2,1-3H3,(H,53,54)(H,56,60)/t32?,42-,43+,50?/m1/s1. The van der Waals surface area contributed by atoms with Crippen LogP contribution in [0, 0.1) is 32.8 Å². The van der Waals surface area contributed by atoms with Crippen LogP contribution in [0.4, 0.5) is 17.1 Å². The van der Waals surface area contributed by atoms with Gasteiger partial charge in [-0.15, -0.1) is 0 Å². The molecule has 10 rings (SSSR count). The summed E-state index contributed by atoms with van der Waals surface area (Å²) in [6.45, 7) is 9.22. The topological polar surface area (TPSA) is 216 Å². The number of hydrogen-bond donors (Lipinski definition) is 4. The molecule has 5 aliphatic rings. The van der Waals surface area contributed by atoms with Gasteiger partial charge >= 0.3 is 0 Å². The summed E-state index contributed by atoms with van der Waals surface area (Å²) in [5.74, 6) is -0.166. The molecule has 2 atom stereocenters. The lowest BCUT2D eigenvalue weighted by molar-refractivity contribution is -0.384. The van der Waals surface area contributed by atoms with Gasteiger partial charge in [0.2, 0.25) is 0 Å². The summed E-state index contributed by atoms with van der Waals surface area (Å²) in [6.07, 6.45) is 12.4. The van der Waals surface area contributed by atoms with Crippen molar-refractivity contribution in [3.8, 4) is 23.3 Å². The van der Waals surface area contributed by atoms with E-state index in [9.17, 15) is 33.7 Å². The van der Waals surface area contributed by atoms with Gasteiger partial charge in [0.25, 0.3) is 21.6 Å². The number of aromatic nitrogens is 2. The first-order valence-electron chi connectivity index (χ1n) is 23.9. The molecule has 16 nitrogen and oxygen atoms in total. The molecule has 2 saturated heterocycles. The Morgan fingerprint density at radius 1 is 1.06 bits per heavy atom. The normalized spacial score (nSPS) is 23.9. The van der Waals surface area contributed by atoms with Crippen LogP contribution in [0.25, 0.3) is 11.0 Å². The maximum Gasteiger partial charge on any atom is 0.297 e. The Morgan fingerprint density at radius 3 is 2.56 bits per heavy atom. The number of carbonyl (C=O) groups excluding carboxylic acids is 1. The molecular formula is C51H58N8O8S. The van der Waals surface area contributed by atoms with Gasteiger partial charge in [0.1, 0.15) is 29.8 Å². The number of pyridine rings is 1. The number of nitro groups is 1. The number of nitrogens with zero attached hydrogens (tertiary/aromatic N) is 5. The van der Waals surface area contributed by atoms with Gasteiger partial charge in [-0.05, 0) is 124 Å². The van der Waals surface area contributed by atoms with Crippen molar-refractivity contribution in [1.29, 1.82) is 5.26 Å². The molecular weight excluding hydrogens is 885 g/mol. The van der Waals surface area contributed by atoms with E-state index in [0.29, 0.717) is 60.3 Å². The number of nitro benzene ring substituents is 1. The van der Waals surface area contributed by atoms with E-state index in [1.165, 1.54) is 55.1 Å². The number of amides is 1. The molecule has 1 spiro atoms. The van der Waals surface area contributed by atoms with Crippen molar-refractivity contribution in [1.82, 2.24) is 19.6 Å². The van der Waals surface area contributed by atoms with Crippen LogP contribution in [0.5, 0.6) is 17.2 Å². The maximum absolute atomic E-state index is 14.2. The Morgan fingerprint density at radius 2 is 1.82 bits per heavy atom. The number of aliphatic hydroxyl groups is 1. The molecule has 2 aliphatic carbocycles. The number of piperidine rings is 1. The molecule has 68 heavy (non-hydrogen) atoms. The number of aromatic amines is 1. The lowest BCUT2D eigenvalue weighted by atomic mass is 9.59. The van der Waals surface area contributed by atoms with Crippen LogP contribution >= 0.6 is 0 Å². The van der Waals surface area contributed by atoms with E-state index in [1.807, 2.05) is 0 Å². The molecule has 1 amide bonds. The third-order valence-corrected chi connectivity index (χ3v) is 16.9. The number of hydrogen-bond acceptors (Lipinski definition) is 13. The van der Waals surface area contributed by atoms with Crippen molar-refractivity contribution in [2.45, 2.75) is 120 Å². The van der Waals surface area contributed by atoms with Crippen molar-refractivity contribution in [2.75, 3.05) is 36.5 Å². The average molecular weight is 943 g/mol. The number of H-pyrrole nitrogens is 1. The maximum atomic E-state index is 14.2. The molecule has 3 aliphatic heterocycles. The number of anilines is 2. The molecule has 2 saturated carbocycles. The monoisotopic (exact) mass is 942 g/mol. The van der Waals surface area contributed by atoms with E-state index in [0.717, 1.165) is 44.2 Å². The molecule has 4 fully saturated rings. The highest BCUT2D eigenvalue weighted by Crippen LogP contribution is 2.54. The van der Waals surface area contributed by atoms with Crippen LogP contribution in [0.1, 0.15) is 124 Å². The minimum atomic E-state index is -4.70. The predicted molar refractivity (Wildman–Crippen MR) is 257 cm³/mol. The molecule has 0 radical (unpaired) electrons. The van der Waals surface area contributed by atoms with Crippen molar-refractivity contribution >= 4 is 44.0 Å². The summed E-state index contributed by atoms with van der Waals surface area (Å²) in [4.78, 5) is 37.8. The quantitative estimate of drug-likeness (QED) is 0.0719. The van der Waals surface area contributed by atoms with E-state index >= 15 is 0 Å². The smallest absolute Gasteiger partial charge is 0.297 e. The van der Waals surface area contributed by atoms with Gasteiger partial charge < -0.3 is 29.8 Å². The second-order valence-corrected chi connectivity index (χ2v) is 22.0. The Balaban J connectivity index is 0.870. The fourth-order valence-corrected chi connectivity index (χ4v) is 12.7. The summed E-state index contributed by atoms with van der Waals surface area (Å²) >= 11 is 0. The highest BCUT2D eigenvalue weighted by atomic mass is 32.2. The van der Waals surface area contributed by atoms with Crippen molar-refractivity contribution in [2.24, 2.45) is 11.3 Å². The number of carbonyl (C=O) groups is 1. The van der Waals surface area contributed by atoms with Crippen molar-refractivity contribution in [3.05, 3.63) is 105 Å². The summed E-state index contributed by atoms with van der Waals surface area (Å²) in [5.41, 5.74) is 3.53. The largest absolute Gasteiger partial charge is 0.489 e. The fourth-order valence-electron chi connectivity index (χ4n) is 11.7. The molecule has 356 valence electrons. The molecule has 5 aromatic rings. The van der Waals surface area contributed by atoms with Crippen molar-refractivity contribution < 1.29 is 32.7 Å². The Bertz CT molecular complexity index is 2920. The summed E-state index contributed by atoms with van der Waals surface area (Å²) in [5, 5.41) is 36.3. The average Bonchev–Trinajstić information content (AvgIpc) is 3.97. The van der Waals surface area contributed by atoms with E-state index in [4.69, 9.17) is 9.47 Å². The Hall–Kier alpha value is -6.22. The third kappa shape index (κ3) is 8.73. The molecule has 17 heteroatoms. The lowest BCUT2D eigenvalue weighted by Crippen LogP contribution is -2.54. The first-order valence-corrected chi connectivity index (χ1v) is 25.4. The lowest BCUT2D eigenvalue weighted by Gasteiger charge is -2.56. The van der Waals surface area contributed by atoms with Crippen molar-refractivity contribution in [3.63, 3.8) is 0 Å². The number of benzene rings is 3. The highest BCUT2D eigenvalue weighted by molar-refractivity contribution is 7.90. The number of sulfonamides is 1. The number of fused-ring (bicyclic) bond motifs is 2. The minimum Gasteiger partial charge on any atom is -0.489 e. The van der Waals surface area contributed by atoms with Crippen LogP contribution in [-0.2, 0) is 10.0 Å². The predicted octanol–water partition coefficient (Wildman–Crippen LogP) is 9.08. The third-order valence-electron chi connectivity index (χ3n) is 15.5. The van der Waals surface area contributed by atoms with Gasteiger partial charge in [0, 0.05) is 60.6 Å². The van der Waals surface area contributed by atoms with Gasteiger partial charge in [-0.3, -0.25) is 19.8 Å². The molecule has 5 heterocycles. The SMILES string of the molecule is CC(C)c1ccccc1[C@@H]1CCCN1C1CC2(CCN(c3ccc(C(=O)NS(=O)(=O)c4cc5c(c([N+](=O)[O-])c4)N[C@@H](C4CCC(C)(O)CC4)CO5)c(Oc4cnc5[nH]cc(C#N)c5c4)c3)CC2)C1. The van der Waals surface area contributed by atoms with E-state index in [-0.39, 0.29) is 52.5 Å². The van der Waals surface area contributed by atoms with Gasteiger partial charge in [-0.25, -0.2) is 18.1 Å². The van der Waals surface area contributed by atoms with Crippen LogP contribution in [0.2, 0.25) is 0 Å². The molecule has 2 aromatic heterocycles.